The van der Waals surface area contributed by atoms with E-state index in [1.54, 1.807) is 0 Å². The molecule has 2 aliphatic rings. The fourth-order valence-corrected chi connectivity index (χ4v) is 2.95. The summed E-state index contributed by atoms with van der Waals surface area (Å²) >= 11 is 0. The highest BCUT2D eigenvalue weighted by molar-refractivity contribution is 4.76. The van der Waals surface area contributed by atoms with Gasteiger partial charge in [0.2, 0.25) is 0 Å². The predicted octanol–water partition coefficient (Wildman–Crippen LogP) is 0.554. The Kier molecular flexibility index (Phi) is 5.22. The van der Waals surface area contributed by atoms with Gasteiger partial charge in [-0.2, -0.15) is 0 Å². The van der Waals surface area contributed by atoms with Crippen LogP contribution in [0.4, 0.5) is 0 Å². The van der Waals surface area contributed by atoms with Crippen molar-refractivity contribution in [1.82, 2.24) is 9.80 Å². The Balaban J connectivity index is 1.63. The Morgan fingerprint density at radius 1 is 1.12 bits per heavy atom. The second-order valence-corrected chi connectivity index (χ2v) is 5.41. The maximum atomic E-state index is 9.16. The van der Waals surface area contributed by atoms with Crippen LogP contribution in [-0.2, 0) is 4.74 Å². The van der Waals surface area contributed by atoms with Gasteiger partial charge in [0, 0.05) is 13.1 Å². The zero-order valence-corrected chi connectivity index (χ0v) is 11.0. The second-order valence-electron chi connectivity index (χ2n) is 5.41. The molecule has 2 atom stereocenters. The van der Waals surface area contributed by atoms with Crippen LogP contribution < -0.4 is 0 Å². The summed E-state index contributed by atoms with van der Waals surface area (Å²) in [5.74, 6) is 0. The first-order valence-electron chi connectivity index (χ1n) is 6.99. The molecule has 0 aromatic heterocycles. The van der Waals surface area contributed by atoms with Crippen LogP contribution in [0.5, 0.6) is 0 Å². The number of likely N-dealkylation sites (tertiary alicyclic amines) is 1. The van der Waals surface area contributed by atoms with Gasteiger partial charge < -0.3 is 14.7 Å². The molecular weight excluding hydrogens is 216 g/mol. The molecule has 4 nitrogen and oxygen atoms in total. The predicted molar refractivity (Wildman–Crippen MR) is 68.2 cm³/mol. The third kappa shape index (κ3) is 4.21. The minimum absolute atomic E-state index is 0.0190. The molecule has 2 fully saturated rings. The number of hydrogen-bond acceptors (Lipinski definition) is 4. The second kappa shape index (κ2) is 6.69. The lowest BCUT2D eigenvalue weighted by molar-refractivity contribution is -0.0953. The average molecular weight is 242 g/mol. The van der Waals surface area contributed by atoms with Gasteiger partial charge in [-0.3, -0.25) is 4.90 Å². The zero-order valence-electron chi connectivity index (χ0n) is 11.0. The molecule has 0 aliphatic carbocycles. The third-order valence-electron chi connectivity index (χ3n) is 3.75. The van der Waals surface area contributed by atoms with Crippen LogP contribution in [0.1, 0.15) is 26.2 Å². The van der Waals surface area contributed by atoms with Gasteiger partial charge in [0.25, 0.3) is 0 Å². The zero-order chi connectivity index (χ0) is 12.1. The molecule has 1 N–H and O–H groups in total. The monoisotopic (exact) mass is 242 g/mol. The lowest BCUT2D eigenvalue weighted by Gasteiger charge is -2.36. The van der Waals surface area contributed by atoms with E-state index >= 15 is 0 Å². The molecule has 0 amide bonds. The summed E-state index contributed by atoms with van der Waals surface area (Å²) < 4.78 is 5.64. The minimum atomic E-state index is 0.0190. The standard InChI is InChI=1S/C13H26N2O2/c1-12-9-15(10-13(11-16)17-12)8-4-7-14-5-2-3-6-14/h12-13,16H,2-11H2,1H3. The Hall–Kier alpha value is -0.160. The molecule has 0 spiro atoms. The molecule has 0 radical (unpaired) electrons. The first-order chi connectivity index (χ1) is 8.28. The van der Waals surface area contributed by atoms with Crippen molar-refractivity contribution >= 4 is 0 Å². The highest BCUT2D eigenvalue weighted by Crippen LogP contribution is 2.12. The summed E-state index contributed by atoms with van der Waals surface area (Å²) in [7, 11) is 0. The molecule has 0 bridgehead atoms. The van der Waals surface area contributed by atoms with Crippen molar-refractivity contribution in [3.63, 3.8) is 0 Å². The van der Waals surface area contributed by atoms with E-state index in [0.29, 0.717) is 0 Å². The third-order valence-corrected chi connectivity index (χ3v) is 3.75. The van der Waals surface area contributed by atoms with E-state index < -0.39 is 0 Å². The van der Waals surface area contributed by atoms with E-state index in [-0.39, 0.29) is 18.8 Å². The number of ether oxygens (including phenoxy) is 1. The molecule has 0 aromatic carbocycles. The molecule has 2 rings (SSSR count). The van der Waals surface area contributed by atoms with Gasteiger partial charge in [0.1, 0.15) is 0 Å². The molecule has 2 unspecified atom stereocenters. The lowest BCUT2D eigenvalue weighted by atomic mass is 10.2. The normalized spacial score (nSPS) is 32.1. The maximum Gasteiger partial charge on any atom is 0.0936 e. The molecule has 17 heavy (non-hydrogen) atoms. The van der Waals surface area contributed by atoms with Crippen molar-refractivity contribution < 1.29 is 9.84 Å². The van der Waals surface area contributed by atoms with Gasteiger partial charge in [-0.1, -0.05) is 0 Å². The smallest absolute Gasteiger partial charge is 0.0936 e. The summed E-state index contributed by atoms with van der Waals surface area (Å²) in [5.41, 5.74) is 0. The van der Waals surface area contributed by atoms with Gasteiger partial charge in [-0.15, -0.1) is 0 Å². The van der Waals surface area contributed by atoms with Gasteiger partial charge in [0.05, 0.1) is 18.8 Å². The summed E-state index contributed by atoms with van der Waals surface area (Å²) in [5, 5.41) is 9.16. The summed E-state index contributed by atoms with van der Waals surface area (Å²) in [4.78, 5) is 5.00. The largest absolute Gasteiger partial charge is 0.394 e. The Labute approximate surface area is 105 Å². The van der Waals surface area contributed by atoms with Crippen molar-refractivity contribution in [2.24, 2.45) is 0 Å². The Morgan fingerprint density at radius 3 is 2.53 bits per heavy atom. The van der Waals surface area contributed by atoms with E-state index in [9.17, 15) is 0 Å². The topological polar surface area (TPSA) is 35.9 Å². The van der Waals surface area contributed by atoms with Crippen LogP contribution in [0.25, 0.3) is 0 Å². The van der Waals surface area contributed by atoms with Crippen molar-refractivity contribution in [3.8, 4) is 0 Å². The number of aliphatic hydroxyl groups is 1. The van der Waals surface area contributed by atoms with Crippen LogP contribution in [0.15, 0.2) is 0 Å². The van der Waals surface area contributed by atoms with Gasteiger partial charge in [-0.25, -0.2) is 0 Å². The van der Waals surface area contributed by atoms with E-state index in [2.05, 4.69) is 16.7 Å². The molecule has 2 aliphatic heterocycles. The minimum Gasteiger partial charge on any atom is -0.394 e. The SMILES string of the molecule is CC1CN(CCCN2CCCC2)CC(CO)O1. The lowest BCUT2D eigenvalue weighted by Crippen LogP contribution is -2.48. The van der Waals surface area contributed by atoms with Crippen LogP contribution in [-0.4, -0.2) is 73.0 Å². The van der Waals surface area contributed by atoms with Gasteiger partial charge >= 0.3 is 0 Å². The van der Waals surface area contributed by atoms with Crippen LogP contribution in [0.2, 0.25) is 0 Å². The van der Waals surface area contributed by atoms with E-state index in [4.69, 9.17) is 9.84 Å². The summed E-state index contributed by atoms with van der Waals surface area (Å²) in [6.45, 7) is 9.09. The number of nitrogens with zero attached hydrogens (tertiary/aromatic N) is 2. The Morgan fingerprint density at radius 2 is 1.82 bits per heavy atom. The first kappa shape index (κ1) is 13.3. The van der Waals surface area contributed by atoms with Crippen molar-refractivity contribution in [2.45, 2.75) is 38.4 Å². The number of morpholine rings is 1. The number of rotatable bonds is 5. The molecule has 100 valence electrons. The van der Waals surface area contributed by atoms with E-state index in [0.717, 1.165) is 19.6 Å². The van der Waals surface area contributed by atoms with Crippen molar-refractivity contribution in [1.29, 1.82) is 0 Å². The fraction of sp³-hybridized carbons (Fsp3) is 1.00. The maximum absolute atomic E-state index is 9.16. The van der Waals surface area contributed by atoms with Crippen molar-refractivity contribution in [3.05, 3.63) is 0 Å². The molecular formula is C13H26N2O2. The van der Waals surface area contributed by atoms with Gasteiger partial charge in [0.15, 0.2) is 0 Å². The fourth-order valence-electron chi connectivity index (χ4n) is 2.95. The highest BCUT2D eigenvalue weighted by Gasteiger charge is 2.24. The molecule has 2 saturated heterocycles. The van der Waals surface area contributed by atoms with Crippen LogP contribution in [0, 0.1) is 0 Å². The van der Waals surface area contributed by atoms with Crippen molar-refractivity contribution in [2.75, 3.05) is 45.9 Å². The van der Waals surface area contributed by atoms with Crippen LogP contribution >= 0.6 is 0 Å². The quantitative estimate of drug-likeness (QED) is 0.764. The number of aliphatic hydroxyl groups excluding tert-OH is 1. The molecule has 2 heterocycles. The molecule has 4 heteroatoms. The molecule has 0 aromatic rings. The van der Waals surface area contributed by atoms with E-state index in [1.165, 1.54) is 38.9 Å². The summed E-state index contributed by atoms with van der Waals surface area (Å²) in [6, 6.07) is 0. The Bertz CT molecular complexity index is 219. The summed E-state index contributed by atoms with van der Waals surface area (Å²) in [6.07, 6.45) is 4.27. The highest BCUT2D eigenvalue weighted by atomic mass is 16.5. The first-order valence-corrected chi connectivity index (χ1v) is 6.99. The number of hydrogen-bond donors (Lipinski definition) is 1. The molecule has 0 saturated carbocycles. The van der Waals surface area contributed by atoms with Gasteiger partial charge in [-0.05, 0) is 52.4 Å². The van der Waals surface area contributed by atoms with E-state index in [1.807, 2.05) is 0 Å². The van der Waals surface area contributed by atoms with Crippen LogP contribution in [0.3, 0.4) is 0 Å². The average Bonchev–Trinajstić information content (AvgIpc) is 2.81.